The molecule has 0 aliphatic rings. The Labute approximate surface area is 130 Å². The standard InChI is InChI=1S/C14H21Cl2N3O/c1-5-19(6-2)9-13(20)17-14-11(15)7-10(18(3)4)8-12(14)16/h7-8H,5-6,9H2,1-4H3,(H,17,20). The average Bonchev–Trinajstić information content (AvgIpc) is 2.39. The van der Waals surface area contributed by atoms with Crippen molar-refractivity contribution in [2.45, 2.75) is 13.8 Å². The van der Waals surface area contributed by atoms with Gasteiger partial charge in [-0.05, 0) is 25.2 Å². The Bertz CT molecular complexity index is 450. The van der Waals surface area contributed by atoms with Gasteiger partial charge in [0.15, 0.2) is 0 Å². The number of hydrogen-bond acceptors (Lipinski definition) is 3. The minimum atomic E-state index is -0.116. The lowest BCUT2D eigenvalue weighted by atomic mass is 10.2. The second kappa shape index (κ2) is 7.72. The molecular formula is C14H21Cl2N3O. The summed E-state index contributed by atoms with van der Waals surface area (Å²) in [6, 6.07) is 3.56. The Kier molecular flexibility index (Phi) is 6.59. The summed E-state index contributed by atoms with van der Waals surface area (Å²) < 4.78 is 0. The predicted molar refractivity (Wildman–Crippen MR) is 87.2 cm³/mol. The minimum absolute atomic E-state index is 0.116. The fraction of sp³-hybridized carbons (Fsp3) is 0.500. The number of carbonyl (C=O) groups excluding carboxylic acids is 1. The van der Waals surface area contributed by atoms with Crippen LogP contribution in [0.5, 0.6) is 0 Å². The summed E-state index contributed by atoms with van der Waals surface area (Å²) >= 11 is 12.4. The number of anilines is 2. The van der Waals surface area contributed by atoms with Crippen LogP contribution in [0.2, 0.25) is 10.0 Å². The molecule has 1 amide bonds. The zero-order chi connectivity index (χ0) is 15.3. The lowest BCUT2D eigenvalue weighted by Gasteiger charge is -2.19. The number of halogens is 2. The van der Waals surface area contributed by atoms with Crippen molar-refractivity contribution in [3.8, 4) is 0 Å². The van der Waals surface area contributed by atoms with Gasteiger partial charge in [-0.2, -0.15) is 0 Å². The third kappa shape index (κ3) is 4.54. The second-order valence-corrected chi connectivity index (χ2v) is 5.50. The first-order valence-electron chi connectivity index (χ1n) is 6.57. The van der Waals surface area contributed by atoms with Gasteiger partial charge in [-0.25, -0.2) is 0 Å². The number of carbonyl (C=O) groups is 1. The number of benzene rings is 1. The molecule has 0 aliphatic heterocycles. The van der Waals surface area contributed by atoms with Crippen molar-refractivity contribution < 1.29 is 4.79 Å². The van der Waals surface area contributed by atoms with Crippen LogP contribution in [-0.2, 0) is 4.79 Å². The molecule has 0 saturated heterocycles. The SMILES string of the molecule is CCN(CC)CC(=O)Nc1c(Cl)cc(N(C)C)cc1Cl. The first-order chi connectivity index (χ1) is 9.38. The van der Waals surface area contributed by atoms with Gasteiger partial charge >= 0.3 is 0 Å². The molecular weight excluding hydrogens is 297 g/mol. The number of rotatable bonds is 6. The highest BCUT2D eigenvalue weighted by molar-refractivity contribution is 6.40. The van der Waals surface area contributed by atoms with E-state index in [4.69, 9.17) is 23.2 Å². The lowest BCUT2D eigenvalue weighted by Crippen LogP contribution is -2.33. The van der Waals surface area contributed by atoms with Crippen molar-refractivity contribution in [1.82, 2.24) is 4.90 Å². The van der Waals surface area contributed by atoms with E-state index >= 15 is 0 Å². The van der Waals surface area contributed by atoms with Crippen LogP contribution in [0.1, 0.15) is 13.8 Å². The van der Waals surface area contributed by atoms with Crippen molar-refractivity contribution in [3.63, 3.8) is 0 Å². The molecule has 1 rings (SSSR count). The molecule has 0 fully saturated rings. The molecule has 0 aliphatic carbocycles. The number of nitrogens with one attached hydrogen (secondary N) is 1. The Morgan fingerprint density at radius 1 is 1.15 bits per heavy atom. The summed E-state index contributed by atoms with van der Waals surface area (Å²) in [5.74, 6) is -0.116. The van der Waals surface area contributed by atoms with Gasteiger partial charge in [-0.3, -0.25) is 9.69 Å². The topological polar surface area (TPSA) is 35.6 Å². The fourth-order valence-corrected chi connectivity index (χ4v) is 2.34. The second-order valence-electron chi connectivity index (χ2n) is 4.69. The molecule has 0 radical (unpaired) electrons. The van der Waals surface area contributed by atoms with Crippen LogP contribution in [0.3, 0.4) is 0 Å². The molecule has 1 aromatic rings. The van der Waals surface area contributed by atoms with Gasteiger partial charge in [0.1, 0.15) is 0 Å². The van der Waals surface area contributed by atoms with E-state index in [2.05, 4.69) is 5.32 Å². The van der Waals surface area contributed by atoms with Gasteiger partial charge in [0.2, 0.25) is 5.91 Å². The van der Waals surface area contributed by atoms with E-state index in [1.165, 1.54) is 0 Å². The largest absolute Gasteiger partial charge is 0.378 e. The Morgan fingerprint density at radius 3 is 2.05 bits per heavy atom. The van der Waals surface area contributed by atoms with Crippen LogP contribution in [-0.4, -0.2) is 44.5 Å². The maximum Gasteiger partial charge on any atom is 0.238 e. The van der Waals surface area contributed by atoms with Crippen molar-refractivity contribution in [3.05, 3.63) is 22.2 Å². The molecule has 0 unspecified atom stereocenters. The minimum Gasteiger partial charge on any atom is -0.378 e. The smallest absolute Gasteiger partial charge is 0.238 e. The highest BCUT2D eigenvalue weighted by Crippen LogP contribution is 2.34. The van der Waals surface area contributed by atoms with Crippen LogP contribution in [0.15, 0.2) is 12.1 Å². The molecule has 0 heterocycles. The predicted octanol–water partition coefficient (Wildman–Crippen LogP) is 3.34. The molecule has 4 nitrogen and oxygen atoms in total. The first kappa shape index (κ1) is 17.1. The first-order valence-corrected chi connectivity index (χ1v) is 7.33. The van der Waals surface area contributed by atoms with E-state index in [9.17, 15) is 4.79 Å². The van der Waals surface area contributed by atoms with Gasteiger partial charge in [0.05, 0.1) is 22.3 Å². The highest BCUT2D eigenvalue weighted by atomic mass is 35.5. The van der Waals surface area contributed by atoms with Crippen molar-refractivity contribution in [1.29, 1.82) is 0 Å². The molecule has 0 atom stereocenters. The fourth-order valence-electron chi connectivity index (χ4n) is 1.77. The zero-order valence-electron chi connectivity index (χ0n) is 12.3. The van der Waals surface area contributed by atoms with Gasteiger partial charge in [-0.1, -0.05) is 37.0 Å². The Morgan fingerprint density at radius 2 is 1.65 bits per heavy atom. The molecule has 112 valence electrons. The van der Waals surface area contributed by atoms with Gasteiger partial charge in [0.25, 0.3) is 0 Å². The highest BCUT2D eigenvalue weighted by Gasteiger charge is 2.14. The molecule has 0 saturated carbocycles. The molecule has 20 heavy (non-hydrogen) atoms. The van der Waals surface area contributed by atoms with E-state index in [1.54, 1.807) is 12.1 Å². The third-order valence-electron chi connectivity index (χ3n) is 3.07. The van der Waals surface area contributed by atoms with Crippen molar-refractivity contribution >= 4 is 40.5 Å². The average molecular weight is 318 g/mol. The maximum absolute atomic E-state index is 12.0. The molecule has 1 aromatic carbocycles. The lowest BCUT2D eigenvalue weighted by molar-refractivity contribution is -0.117. The summed E-state index contributed by atoms with van der Waals surface area (Å²) in [7, 11) is 3.81. The third-order valence-corrected chi connectivity index (χ3v) is 3.67. The van der Waals surface area contributed by atoms with E-state index < -0.39 is 0 Å². The van der Waals surface area contributed by atoms with Crippen LogP contribution in [0.25, 0.3) is 0 Å². The van der Waals surface area contributed by atoms with E-state index in [0.29, 0.717) is 22.3 Å². The van der Waals surface area contributed by atoms with Crippen LogP contribution in [0, 0.1) is 0 Å². The number of nitrogens with zero attached hydrogens (tertiary/aromatic N) is 2. The van der Waals surface area contributed by atoms with Gasteiger partial charge in [0, 0.05) is 19.8 Å². The van der Waals surface area contributed by atoms with Crippen molar-refractivity contribution in [2.75, 3.05) is 43.9 Å². The van der Waals surface area contributed by atoms with Crippen LogP contribution in [0.4, 0.5) is 11.4 Å². The Hall–Kier alpha value is -0.970. The zero-order valence-corrected chi connectivity index (χ0v) is 13.8. The molecule has 0 spiro atoms. The molecule has 6 heteroatoms. The van der Waals surface area contributed by atoms with Gasteiger partial charge < -0.3 is 10.2 Å². The van der Waals surface area contributed by atoms with Crippen molar-refractivity contribution in [2.24, 2.45) is 0 Å². The number of amides is 1. The van der Waals surface area contributed by atoms with Crippen LogP contribution >= 0.6 is 23.2 Å². The summed E-state index contributed by atoms with van der Waals surface area (Å²) in [6.07, 6.45) is 0. The molecule has 0 bridgehead atoms. The van der Waals surface area contributed by atoms with E-state index in [0.717, 1.165) is 18.8 Å². The van der Waals surface area contributed by atoms with E-state index in [1.807, 2.05) is 37.7 Å². The van der Waals surface area contributed by atoms with E-state index in [-0.39, 0.29) is 5.91 Å². The summed E-state index contributed by atoms with van der Waals surface area (Å²) in [4.78, 5) is 15.9. The Balaban J connectivity index is 2.85. The molecule has 1 N–H and O–H groups in total. The number of likely N-dealkylation sites (N-methyl/N-ethyl adjacent to an activating group) is 1. The van der Waals surface area contributed by atoms with Crippen LogP contribution < -0.4 is 10.2 Å². The molecule has 0 aromatic heterocycles. The van der Waals surface area contributed by atoms with Gasteiger partial charge in [-0.15, -0.1) is 0 Å². The quantitative estimate of drug-likeness (QED) is 0.874. The monoisotopic (exact) mass is 317 g/mol. The normalized spacial score (nSPS) is 10.8. The maximum atomic E-state index is 12.0. The summed E-state index contributed by atoms with van der Waals surface area (Å²) in [5, 5.41) is 3.66. The number of hydrogen-bond donors (Lipinski definition) is 1. The summed E-state index contributed by atoms with van der Waals surface area (Å²) in [6.45, 7) is 6.01. The summed E-state index contributed by atoms with van der Waals surface area (Å²) in [5.41, 5.74) is 1.36.